The van der Waals surface area contributed by atoms with Gasteiger partial charge in [0.1, 0.15) is 0 Å². The number of likely N-dealkylation sites (tertiary alicyclic amines) is 1. The van der Waals surface area contributed by atoms with Crippen molar-refractivity contribution in [3.63, 3.8) is 0 Å². The molecule has 1 spiro atoms. The van der Waals surface area contributed by atoms with Gasteiger partial charge in [-0.05, 0) is 37.2 Å². The predicted octanol–water partition coefficient (Wildman–Crippen LogP) is 2.22. The minimum atomic E-state index is -3.40. The summed E-state index contributed by atoms with van der Waals surface area (Å²) in [6, 6.07) is 10.6. The summed E-state index contributed by atoms with van der Waals surface area (Å²) in [7, 11) is -0.245. The van der Waals surface area contributed by atoms with Crippen LogP contribution in [0.2, 0.25) is 0 Å². The van der Waals surface area contributed by atoms with Crippen molar-refractivity contribution in [1.29, 1.82) is 0 Å². The molecule has 1 aliphatic carbocycles. The van der Waals surface area contributed by atoms with E-state index in [9.17, 15) is 8.42 Å². The average molecular weight is 352 g/mol. The maximum atomic E-state index is 12.3. The van der Waals surface area contributed by atoms with Crippen molar-refractivity contribution in [3.8, 4) is 0 Å². The maximum Gasteiger partial charge on any atom is 0.279 e. The molecule has 1 saturated carbocycles. The number of hydrogen-bond donors (Lipinski definition) is 1. The van der Waals surface area contributed by atoms with Gasteiger partial charge >= 0.3 is 0 Å². The number of piperidine rings is 1. The summed E-state index contributed by atoms with van der Waals surface area (Å²) < 4.78 is 28.9. The Bertz CT molecular complexity index is 656. The highest BCUT2D eigenvalue weighted by Gasteiger charge is 2.47. The van der Waals surface area contributed by atoms with E-state index in [2.05, 4.69) is 40.8 Å². The highest BCUT2D eigenvalue weighted by molar-refractivity contribution is 7.87. The van der Waals surface area contributed by atoms with Crippen LogP contribution in [-0.2, 0) is 16.8 Å². The molecule has 0 radical (unpaired) electrons. The summed E-state index contributed by atoms with van der Waals surface area (Å²) in [5.41, 5.74) is 1.58. The van der Waals surface area contributed by atoms with E-state index in [-0.39, 0.29) is 12.1 Å². The monoisotopic (exact) mass is 351 g/mol. The predicted molar refractivity (Wildman–Crippen MR) is 96.7 cm³/mol. The first-order valence-electron chi connectivity index (χ1n) is 8.79. The molecule has 1 N–H and O–H groups in total. The number of hydrogen-bond acceptors (Lipinski definition) is 3. The van der Waals surface area contributed by atoms with Crippen molar-refractivity contribution in [2.75, 3.05) is 20.6 Å². The summed E-state index contributed by atoms with van der Waals surface area (Å²) in [5, 5.41) is 0. The van der Waals surface area contributed by atoms with E-state index >= 15 is 0 Å². The Morgan fingerprint density at radius 2 is 1.92 bits per heavy atom. The van der Waals surface area contributed by atoms with Crippen molar-refractivity contribution in [2.45, 2.75) is 51.2 Å². The van der Waals surface area contributed by atoms with E-state index in [4.69, 9.17) is 0 Å². The quantitative estimate of drug-likeness (QED) is 0.885. The second-order valence-electron chi connectivity index (χ2n) is 7.70. The molecule has 2 aliphatic rings. The molecule has 1 saturated heterocycles. The molecule has 2 atom stereocenters. The van der Waals surface area contributed by atoms with Crippen LogP contribution < -0.4 is 4.72 Å². The Kier molecular flexibility index (Phi) is 5.02. The first-order chi connectivity index (χ1) is 11.3. The fourth-order valence-corrected chi connectivity index (χ4v) is 4.90. The highest BCUT2D eigenvalue weighted by Crippen LogP contribution is 2.49. The standard InChI is InChI=1S/C18H29N3O2S/c1-15-17(19-24(22,23)20(2)3)12-18(10-7-11-18)14-21(15)13-16-8-5-4-6-9-16/h4-6,8-9,15,17,19H,7,10-14H2,1-3H3/t15-,17+/m1/s1. The first-order valence-corrected chi connectivity index (χ1v) is 10.2. The Balaban J connectivity index is 1.79. The van der Waals surface area contributed by atoms with Gasteiger partial charge in [0.25, 0.3) is 10.2 Å². The highest BCUT2D eigenvalue weighted by atomic mass is 32.2. The van der Waals surface area contributed by atoms with Gasteiger partial charge in [0, 0.05) is 39.3 Å². The molecule has 1 heterocycles. The summed E-state index contributed by atoms with van der Waals surface area (Å²) in [4.78, 5) is 2.46. The second-order valence-corrected chi connectivity index (χ2v) is 9.62. The third kappa shape index (κ3) is 3.67. The first kappa shape index (κ1) is 17.9. The second kappa shape index (κ2) is 6.75. The van der Waals surface area contributed by atoms with Gasteiger partial charge in [-0.3, -0.25) is 4.90 Å². The Morgan fingerprint density at radius 1 is 1.25 bits per heavy atom. The third-order valence-corrected chi connectivity index (χ3v) is 7.34. The fourth-order valence-electron chi connectivity index (χ4n) is 4.02. The molecule has 134 valence electrons. The molecule has 2 fully saturated rings. The topological polar surface area (TPSA) is 52.7 Å². The van der Waals surface area contributed by atoms with Crippen molar-refractivity contribution in [1.82, 2.24) is 13.9 Å². The van der Waals surface area contributed by atoms with Gasteiger partial charge in [-0.25, -0.2) is 0 Å². The number of nitrogens with one attached hydrogen (secondary N) is 1. The largest absolute Gasteiger partial charge is 0.294 e. The lowest BCUT2D eigenvalue weighted by Gasteiger charge is -2.54. The summed E-state index contributed by atoms with van der Waals surface area (Å²) >= 11 is 0. The Hall–Kier alpha value is -0.950. The molecular weight excluding hydrogens is 322 g/mol. The minimum Gasteiger partial charge on any atom is -0.294 e. The van der Waals surface area contributed by atoms with Crippen LogP contribution >= 0.6 is 0 Å². The lowest BCUT2D eigenvalue weighted by molar-refractivity contribution is -0.0261. The molecule has 5 nitrogen and oxygen atoms in total. The van der Waals surface area contributed by atoms with Crippen LogP contribution in [0.4, 0.5) is 0 Å². The van der Waals surface area contributed by atoms with Crippen molar-refractivity contribution >= 4 is 10.2 Å². The average Bonchev–Trinajstić information content (AvgIpc) is 2.50. The summed E-state index contributed by atoms with van der Waals surface area (Å²) in [6.07, 6.45) is 4.64. The smallest absolute Gasteiger partial charge is 0.279 e. The molecule has 0 aromatic heterocycles. The van der Waals surface area contributed by atoms with E-state index in [1.54, 1.807) is 14.1 Å². The maximum absolute atomic E-state index is 12.3. The van der Waals surface area contributed by atoms with Gasteiger partial charge < -0.3 is 0 Å². The number of nitrogens with zero attached hydrogens (tertiary/aromatic N) is 2. The molecular formula is C18H29N3O2S. The van der Waals surface area contributed by atoms with Crippen molar-refractivity contribution < 1.29 is 8.42 Å². The molecule has 6 heteroatoms. The Labute approximate surface area is 146 Å². The Morgan fingerprint density at radius 3 is 2.46 bits per heavy atom. The van der Waals surface area contributed by atoms with Crippen LogP contribution in [0.15, 0.2) is 30.3 Å². The molecule has 3 rings (SSSR count). The van der Waals surface area contributed by atoms with Gasteiger partial charge in [-0.2, -0.15) is 17.4 Å². The number of rotatable bonds is 5. The SMILES string of the molecule is C[C@@H]1[C@@H](NS(=O)(=O)N(C)C)CC2(CCC2)CN1Cc1ccccc1. The van der Waals surface area contributed by atoms with Crippen molar-refractivity contribution in [3.05, 3.63) is 35.9 Å². The van der Waals surface area contributed by atoms with E-state index in [0.29, 0.717) is 5.41 Å². The zero-order chi connectivity index (χ0) is 17.4. The van der Waals surface area contributed by atoms with Gasteiger partial charge in [0.15, 0.2) is 0 Å². The van der Waals surface area contributed by atoms with Crippen LogP contribution in [0.25, 0.3) is 0 Å². The van der Waals surface area contributed by atoms with Gasteiger partial charge in [0.05, 0.1) is 0 Å². The summed E-state index contributed by atoms with van der Waals surface area (Å²) in [6.45, 7) is 4.10. The zero-order valence-electron chi connectivity index (χ0n) is 14.9. The lowest BCUT2D eigenvalue weighted by Crippen LogP contribution is -2.62. The minimum absolute atomic E-state index is 0.0323. The van der Waals surface area contributed by atoms with E-state index in [1.807, 2.05) is 6.07 Å². The molecule has 24 heavy (non-hydrogen) atoms. The lowest BCUT2D eigenvalue weighted by atomic mass is 9.62. The van der Waals surface area contributed by atoms with Crippen molar-refractivity contribution in [2.24, 2.45) is 5.41 Å². The molecule has 0 unspecified atom stereocenters. The fraction of sp³-hybridized carbons (Fsp3) is 0.667. The van der Waals surface area contributed by atoms with E-state index in [1.165, 1.54) is 29.1 Å². The molecule has 1 aromatic rings. The van der Waals surface area contributed by atoms with Crippen LogP contribution in [0.3, 0.4) is 0 Å². The normalized spacial score (nSPS) is 27.3. The van der Waals surface area contributed by atoms with Crippen LogP contribution in [0, 0.1) is 5.41 Å². The van der Waals surface area contributed by atoms with Gasteiger partial charge in [-0.15, -0.1) is 0 Å². The number of benzene rings is 1. The van der Waals surface area contributed by atoms with E-state index < -0.39 is 10.2 Å². The third-order valence-electron chi connectivity index (χ3n) is 5.77. The summed E-state index contributed by atoms with van der Waals surface area (Å²) in [5.74, 6) is 0. The molecule has 0 amide bonds. The van der Waals surface area contributed by atoms with Gasteiger partial charge in [-0.1, -0.05) is 36.8 Å². The van der Waals surface area contributed by atoms with Crippen LogP contribution in [0.1, 0.15) is 38.2 Å². The molecule has 1 aliphatic heterocycles. The molecule has 0 bridgehead atoms. The van der Waals surface area contributed by atoms with Crippen LogP contribution in [-0.4, -0.2) is 50.3 Å². The molecule has 1 aromatic carbocycles. The van der Waals surface area contributed by atoms with Crippen LogP contribution in [0.5, 0.6) is 0 Å². The van der Waals surface area contributed by atoms with E-state index in [0.717, 1.165) is 19.5 Å². The zero-order valence-corrected chi connectivity index (χ0v) is 15.7. The van der Waals surface area contributed by atoms with Gasteiger partial charge in [0.2, 0.25) is 0 Å².